The third-order valence-corrected chi connectivity index (χ3v) is 4.37. The van der Waals surface area contributed by atoms with E-state index < -0.39 is 5.97 Å². The molecule has 2 aromatic heterocycles. The molecule has 0 radical (unpaired) electrons. The fourth-order valence-electron chi connectivity index (χ4n) is 2.77. The highest BCUT2D eigenvalue weighted by atomic mass is 35.5. The Morgan fingerprint density at radius 2 is 2.18 bits per heavy atom. The number of nitrogens with zero attached hydrogens (tertiary/aromatic N) is 2. The van der Waals surface area contributed by atoms with Crippen LogP contribution in [0.15, 0.2) is 47.4 Å². The largest absolute Gasteiger partial charge is 0.456 e. The summed E-state index contributed by atoms with van der Waals surface area (Å²) in [6.07, 6.45) is 4.53. The lowest BCUT2D eigenvalue weighted by Gasteiger charge is -2.05. The monoisotopic (exact) mass is 398 g/mol. The van der Waals surface area contributed by atoms with Crippen molar-refractivity contribution in [2.75, 3.05) is 6.79 Å². The topological polar surface area (TPSA) is 79.1 Å². The van der Waals surface area contributed by atoms with E-state index in [4.69, 9.17) is 25.8 Å². The molecule has 0 spiro atoms. The molecule has 7 nitrogen and oxygen atoms in total. The highest BCUT2D eigenvalue weighted by Gasteiger charge is 2.17. The summed E-state index contributed by atoms with van der Waals surface area (Å²) in [7, 11) is 0. The van der Waals surface area contributed by atoms with Gasteiger partial charge in [-0.05, 0) is 42.3 Å². The van der Waals surface area contributed by atoms with Crippen LogP contribution < -0.4 is 15.0 Å². The average Bonchev–Trinajstić information content (AvgIpc) is 3.14. The van der Waals surface area contributed by atoms with Gasteiger partial charge >= 0.3 is 5.97 Å². The zero-order valence-electron chi connectivity index (χ0n) is 14.8. The zero-order chi connectivity index (χ0) is 19.7. The molecule has 4 rings (SSSR count). The normalized spacial score (nSPS) is 12.6. The first-order chi connectivity index (χ1) is 13.5. The number of hydrogen-bond donors (Lipinski definition) is 0. The van der Waals surface area contributed by atoms with Crippen molar-refractivity contribution in [2.45, 2.75) is 13.5 Å². The van der Waals surface area contributed by atoms with Gasteiger partial charge in [-0.3, -0.25) is 9.20 Å². The van der Waals surface area contributed by atoms with Crippen molar-refractivity contribution in [1.29, 1.82) is 0 Å². The van der Waals surface area contributed by atoms with Gasteiger partial charge in [0.2, 0.25) is 6.79 Å². The number of carbonyl (C=O) groups excluding carboxylic acids is 1. The second-order valence-corrected chi connectivity index (χ2v) is 6.61. The second kappa shape index (κ2) is 7.36. The minimum atomic E-state index is -0.570. The quantitative estimate of drug-likeness (QED) is 0.496. The van der Waals surface area contributed by atoms with Crippen LogP contribution in [-0.4, -0.2) is 22.1 Å². The third-order valence-electron chi connectivity index (χ3n) is 4.08. The summed E-state index contributed by atoms with van der Waals surface area (Å²) < 4.78 is 17.2. The van der Waals surface area contributed by atoms with Gasteiger partial charge in [-0.15, -0.1) is 0 Å². The van der Waals surface area contributed by atoms with Crippen molar-refractivity contribution < 1.29 is 19.0 Å². The van der Waals surface area contributed by atoms with Gasteiger partial charge in [-0.2, -0.15) is 0 Å². The van der Waals surface area contributed by atoms with Gasteiger partial charge < -0.3 is 14.2 Å². The molecule has 8 heteroatoms. The molecule has 0 fully saturated rings. The molecule has 1 aliphatic rings. The lowest BCUT2D eigenvalue weighted by molar-refractivity contribution is -0.139. The molecule has 0 bridgehead atoms. The van der Waals surface area contributed by atoms with Crippen LogP contribution in [0.5, 0.6) is 11.5 Å². The zero-order valence-corrected chi connectivity index (χ0v) is 15.6. The molecule has 0 unspecified atom stereocenters. The number of aromatic nitrogens is 2. The standard InChI is InChI=1S/C20H15ClN2O5/c1-12-2-4-17-22-14(8-18(24)23(17)9-12)10-26-19(25)5-3-13-6-15(21)20-16(7-13)27-11-28-20/h2-9H,10-11H2,1H3/b5-3+. The minimum absolute atomic E-state index is 0.106. The van der Waals surface area contributed by atoms with E-state index >= 15 is 0 Å². The Morgan fingerprint density at radius 1 is 1.32 bits per heavy atom. The van der Waals surface area contributed by atoms with Crippen LogP contribution >= 0.6 is 11.6 Å². The summed E-state index contributed by atoms with van der Waals surface area (Å²) >= 11 is 6.11. The predicted molar refractivity (Wildman–Crippen MR) is 103 cm³/mol. The Hall–Kier alpha value is -3.32. The van der Waals surface area contributed by atoms with Gasteiger partial charge in [0.15, 0.2) is 11.5 Å². The number of benzene rings is 1. The van der Waals surface area contributed by atoms with E-state index in [0.717, 1.165) is 5.56 Å². The second-order valence-electron chi connectivity index (χ2n) is 6.20. The summed E-state index contributed by atoms with van der Waals surface area (Å²) in [6.45, 7) is 1.90. The van der Waals surface area contributed by atoms with Crippen LogP contribution in [0.4, 0.5) is 0 Å². The van der Waals surface area contributed by atoms with Crippen LogP contribution in [0.2, 0.25) is 5.02 Å². The molecule has 3 aromatic rings. The van der Waals surface area contributed by atoms with Crippen molar-refractivity contribution in [1.82, 2.24) is 9.38 Å². The van der Waals surface area contributed by atoms with Crippen LogP contribution in [0.25, 0.3) is 11.7 Å². The molecule has 1 aliphatic heterocycles. The van der Waals surface area contributed by atoms with Crippen molar-refractivity contribution in [2.24, 2.45) is 0 Å². The lowest BCUT2D eigenvalue weighted by Crippen LogP contribution is -2.16. The van der Waals surface area contributed by atoms with Gasteiger partial charge in [0.1, 0.15) is 12.3 Å². The summed E-state index contributed by atoms with van der Waals surface area (Å²) in [5.74, 6) is 0.446. The maximum atomic E-state index is 12.2. The van der Waals surface area contributed by atoms with E-state index in [-0.39, 0.29) is 19.0 Å². The molecule has 28 heavy (non-hydrogen) atoms. The van der Waals surface area contributed by atoms with E-state index in [0.29, 0.717) is 33.4 Å². The van der Waals surface area contributed by atoms with Crippen molar-refractivity contribution in [3.63, 3.8) is 0 Å². The highest BCUT2D eigenvalue weighted by Crippen LogP contribution is 2.40. The third kappa shape index (κ3) is 3.70. The first-order valence-electron chi connectivity index (χ1n) is 8.42. The molecule has 0 atom stereocenters. The number of ether oxygens (including phenoxy) is 3. The number of halogens is 1. The van der Waals surface area contributed by atoms with Crippen molar-refractivity contribution in [3.8, 4) is 11.5 Å². The number of hydrogen-bond acceptors (Lipinski definition) is 6. The Bertz CT molecular complexity index is 1170. The van der Waals surface area contributed by atoms with Crippen molar-refractivity contribution in [3.05, 3.63) is 74.8 Å². The Morgan fingerprint density at radius 3 is 3.04 bits per heavy atom. The molecular formula is C20H15ClN2O5. The minimum Gasteiger partial charge on any atom is -0.456 e. The van der Waals surface area contributed by atoms with Crippen LogP contribution in [0.1, 0.15) is 16.8 Å². The molecule has 0 saturated carbocycles. The van der Waals surface area contributed by atoms with E-state index in [9.17, 15) is 9.59 Å². The first-order valence-corrected chi connectivity index (χ1v) is 8.80. The molecule has 142 valence electrons. The summed E-state index contributed by atoms with van der Waals surface area (Å²) in [4.78, 5) is 28.5. The molecule has 0 amide bonds. The number of rotatable bonds is 4. The highest BCUT2D eigenvalue weighted by molar-refractivity contribution is 6.32. The van der Waals surface area contributed by atoms with Crippen LogP contribution in [0.3, 0.4) is 0 Å². The summed E-state index contributed by atoms with van der Waals surface area (Å²) in [5.41, 5.74) is 2.26. The summed E-state index contributed by atoms with van der Waals surface area (Å²) in [5, 5.41) is 0.402. The molecule has 1 aromatic carbocycles. The Kier molecular flexibility index (Phi) is 4.75. The maximum absolute atomic E-state index is 12.2. The lowest BCUT2D eigenvalue weighted by atomic mass is 10.2. The van der Waals surface area contributed by atoms with Gasteiger partial charge in [-0.25, -0.2) is 9.78 Å². The van der Waals surface area contributed by atoms with E-state index in [1.54, 1.807) is 30.5 Å². The smallest absolute Gasteiger partial charge is 0.331 e. The van der Waals surface area contributed by atoms with Gasteiger partial charge in [0, 0.05) is 18.3 Å². The van der Waals surface area contributed by atoms with E-state index in [1.165, 1.54) is 16.5 Å². The Balaban J connectivity index is 1.44. The van der Waals surface area contributed by atoms with Crippen molar-refractivity contribution >= 4 is 29.3 Å². The van der Waals surface area contributed by atoms with Crippen LogP contribution in [-0.2, 0) is 16.1 Å². The van der Waals surface area contributed by atoms with Gasteiger partial charge in [0.25, 0.3) is 5.56 Å². The number of carbonyl (C=O) groups is 1. The molecule has 0 saturated heterocycles. The Labute approximate surface area is 164 Å². The summed E-state index contributed by atoms with van der Waals surface area (Å²) in [6, 6.07) is 8.32. The van der Waals surface area contributed by atoms with E-state index in [1.807, 2.05) is 13.0 Å². The molecule has 0 N–H and O–H groups in total. The number of fused-ring (bicyclic) bond motifs is 2. The van der Waals surface area contributed by atoms with Crippen LogP contribution in [0, 0.1) is 6.92 Å². The average molecular weight is 399 g/mol. The fraction of sp³-hybridized carbons (Fsp3) is 0.150. The van der Waals surface area contributed by atoms with Gasteiger partial charge in [-0.1, -0.05) is 17.7 Å². The fourth-order valence-corrected chi connectivity index (χ4v) is 3.05. The van der Waals surface area contributed by atoms with E-state index in [2.05, 4.69) is 4.98 Å². The molecular weight excluding hydrogens is 384 g/mol. The molecule has 0 aliphatic carbocycles. The number of esters is 1. The SMILES string of the molecule is Cc1ccc2nc(COC(=O)/C=C/c3cc(Cl)c4c(c3)OCO4)cc(=O)n2c1. The number of pyridine rings is 1. The van der Waals surface area contributed by atoms with Gasteiger partial charge in [0.05, 0.1) is 10.7 Å². The predicted octanol–water partition coefficient (Wildman–Crippen LogP) is 3.14. The maximum Gasteiger partial charge on any atom is 0.331 e. The first kappa shape index (κ1) is 18.1. The number of aryl methyl sites for hydroxylation is 1. The molecule has 3 heterocycles.